The van der Waals surface area contributed by atoms with E-state index in [1.807, 2.05) is 33.9 Å². The molecule has 0 aromatic carbocycles. The molecule has 0 unspecified atom stereocenters. The van der Waals surface area contributed by atoms with Gasteiger partial charge in [-0.2, -0.15) is 0 Å². The smallest absolute Gasteiger partial charge is 0.191 e. The van der Waals surface area contributed by atoms with E-state index >= 15 is 0 Å². The number of aromatic nitrogens is 2. The number of aryl methyl sites for hydroxylation is 3. The molecule has 1 fully saturated rings. The van der Waals surface area contributed by atoms with Gasteiger partial charge in [0.2, 0.25) is 0 Å². The summed E-state index contributed by atoms with van der Waals surface area (Å²) in [6.07, 6.45) is 3.01. The fourth-order valence-corrected chi connectivity index (χ4v) is 3.51. The SMILES string of the molecule is CN=C(NCCc1c(C)noc1C)NC1CCN(c2cccc(C)n2)CC1.I. The molecular weight excluding hydrogens is 467 g/mol. The van der Waals surface area contributed by atoms with Crippen LogP contribution >= 0.6 is 24.0 Å². The van der Waals surface area contributed by atoms with Crippen LogP contribution in [0, 0.1) is 20.8 Å². The summed E-state index contributed by atoms with van der Waals surface area (Å²) < 4.78 is 5.22. The van der Waals surface area contributed by atoms with Gasteiger partial charge in [0.15, 0.2) is 5.96 Å². The zero-order chi connectivity index (χ0) is 19.2. The van der Waals surface area contributed by atoms with Gasteiger partial charge in [-0.3, -0.25) is 4.99 Å². The Morgan fingerprint density at radius 1 is 1.25 bits per heavy atom. The minimum absolute atomic E-state index is 0. The van der Waals surface area contributed by atoms with Crippen molar-refractivity contribution in [1.29, 1.82) is 0 Å². The summed E-state index contributed by atoms with van der Waals surface area (Å²) in [7, 11) is 1.82. The fraction of sp³-hybridized carbons (Fsp3) is 0.550. The molecule has 1 aliphatic rings. The number of guanidine groups is 1. The van der Waals surface area contributed by atoms with Crippen molar-refractivity contribution >= 4 is 35.8 Å². The van der Waals surface area contributed by atoms with Gasteiger partial charge in [0, 0.05) is 44.0 Å². The van der Waals surface area contributed by atoms with E-state index in [0.29, 0.717) is 6.04 Å². The first-order valence-corrected chi connectivity index (χ1v) is 9.64. The second-order valence-electron chi connectivity index (χ2n) is 7.09. The summed E-state index contributed by atoms with van der Waals surface area (Å²) in [5.41, 5.74) is 3.21. The molecule has 0 aliphatic carbocycles. The molecule has 0 atom stereocenters. The maximum absolute atomic E-state index is 5.22. The number of piperidine rings is 1. The van der Waals surface area contributed by atoms with Crippen molar-refractivity contribution in [2.75, 3.05) is 31.6 Å². The van der Waals surface area contributed by atoms with Crippen LogP contribution < -0.4 is 15.5 Å². The number of nitrogens with zero attached hydrogens (tertiary/aromatic N) is 4. The second-order valence-corrected chi connectivity index (χ2v) is 7.09. The first kappa shape index (κ1) is 22.4. The highest BCUT2D eigenvalue weighted by Crippen LogP contribution is 2.18. The lowest BCUT2D eigenvalue weighted by Gasteiger charge is -2.34. The van der Waals surface area contributed by atoms with Gasteiger partial charge < -0.3 is 20.1 Å². The van der Waals surface area contributed by atoms with E-state index in [0.717, 1.165) is 67.8 Å². The van der Waals surface area contributed by atoms with E-state index in [2.05, 4.69) is 42.8 Å². The van der Waals surface area contributed by atoms with Crippen LogP contribution in [0.1, 0.15) is 35.6 Å². The van der Waals surface area contributed by atoms with Gasteiger partial charge in [-0.25, -0.2) is 4.98 Å². The Labute approximate surface area is 184 Å². The van der Waals surface area contributed by atoms with Crippen molar-refractivity contribution in [2.45, 2.75) is 46.1 Å². The molecule has 1 saturated heterocycles. The molecule has 0 bridgehead atoms. The fourth-order valence-electron chi connectivity index (χ4n) is 3.51. The molecule has 1 aliphatic heterocycles. The summed E-state index contributed by atoms with van der Waals surface area (Å²) in [6.45, 7) is 8.79. The molecule has 8 heteroatoms. The molecule has 2 aromatic rings. The van der Waals surface area contributed by atoms with E-state index in [4.69, 9.17) is 4.52 Å². The number of hydrogen-bond donors (Lipinski definition) is 2. The highest BCUT2D eigenvalue weighted by Gasteiger charge is 2.21. The number of pyridine rings is 1. The van der Waals surface area contributed by atoms with Gasteiger partial charge in [0.1, 0.15) is 11.6 Å². The zero-order valence-electron chi connectivity index (χ0n) is 17.2. The molecule has 0 saturated carbocycles. The molecule has 3 rings (SSSR count). The van der Waals surface area contributed by atoms with Crippen LogP contribution in [0.15, 0.2) is 27.7 Å². The highest BCUT2D eigenvalue weighted by molar-refractivity contribution is 14.0. The maximum Gasteiger partial charge on any atom is 0.191 e. The Bertz CT molecular complexity index is 763. The van der Waals surface area contributed by atoms with Crippen LogP contribution in [0.4, 0.5) is 5.82 Å². The Morgan fingerprint density at radius 3 is 2.61 bits per heavy atom. The number of rotatable bonds is 5. The predicted molar refractivity (Wildman–Crippen MR) is 124 cm³/mol. The number of aliphatic imine (C=N–C) groups is 1. The number of halogens is 1. The van der Waals surface area contributed by atoms with E-state index in [1.54, 1.807) is 0 Å². The normalized spacial score (nSPS) is 15.3. The van der Waals surface area contributed by atoms with Crippen molar-refractivity contribution < 1.29 is 4.52 Å². The van der Waals surface area contributed by atoms with Crippen LogP contribution in [-0.2, 0) is 6.42 Å². The molecule has 7 nitrogen and oxygen atoms in total. The minimum Gasteiger partial charge on any atom is -0.361 e. The zero-order valence-corrected chi connectivity index (χ0v) is 19.5. The van der Waals surface area contributed by atoms with Gasteiger partial charge in [-0.1, -0.05) is 11.2 Å². The largest absolute Gasteiger partial charge is 0.361 e. The Morgan fingerprint density at radius 2 is 2.00 bits per heavy atom. The maximum atomic E-state index is 5.22. The van der Waals surface area contributed by atoms with Gasteiger partial charge in [0.25, 0.3) is 0 Å². The molecule has 0 radical (unpaired) electrons. The Balaban J connectivity index is 0.00000280. The summed E-state index contributed by atoms with van der Waals surface area (Å²) >= 11 is 0. The third-order valence-corrected chi connectivity index (χ3v) is 5.11. The minimum atomic E-state index is 0. The first-order chi connectivity index (χ1) is 13.1. The number of hydrogen-bond acceptors (Lipinski definition) is 5. The van der Waals surface area contributed by atoms with Crippen molar-refractivity contribution in [3.8, 4) is 0 Å². The van der Waals surface area contributed by atoms with Crippen molar-refractivity contribution in [3.63, 3.8) is 0 Å². The molecule has 0 spiro atoms. The van der Waals surface area contributed by atoms with Crippen LogP contribution in [-0.4, -0.2) is 48.8 Å². The van der Waals surface area contributed by atoms with E-state index in [1.165, 1.54) is 5.56 Å². The van der Waals surface area contributed by atoms with E-state index < -0.39 is 0 Å². The van der Waals surface area contributed by atoms with Crippen LogP contribution in [0.5, 0.6) is 0 Å². The summed E-state index contributed by atoms with van der Waals surface area (Å²) in [6, 6.07) is 6.63. The van der Waals surface area contributed by atoms with Crippen molar-refractivity contribution in [2.24, 2.45) is 4.99 Å². The summed E-state index contributed by atoms with van der Waals surface area (Å²) in [5.74, 6) is 2.83. The Kier molecular flexibility index (Phi) is 8.53. The molecule has 2 N–H and O–H groups in total. The quantitative estimate of drug-likeness (QED) is 0.375. The number of anilines is 1. The molecule has 154 valence electrons. The monoisotopic (exact) mass is 498 g/mol. The topological polar surface area (TPSA) is 78.6 Å². The predicted octanol–water partition coefficient (Wildman–Crippen LogP) is 2.99. The first-order valence-electron chi connectivity index (χ1n) is 9.64. The average Bonchev–Trinajstić information content (AvgIpc) is 2.99. The van der Waals surface area contributed by atoms with Crippen molar-refractivity contribution in [3.05, 3.63) is 40.9 Å². The Hall–Kier alpha value is -1.84. The van der Waals surface area contributed by atoms with Crippen LogP contribution in [0.3, 0.4) is 0 Å². The lowest BCUT2D eigenvalue weighted by atomic mass is 10.1. The van der Waals surface area contributed by atoms with Gasteiger partial charge in [-0.15, -0.1) is 24.0 Å². The molecular formula is C20H31IN6O. The lowest BCUT2D eigenvalue weighted by molar-refractivity contribution is 0.392. The summed E-state index contributed by atoms with van der Waals surface area (Å²) in [5, 5.41) is 11.0. The molecule has 3 heterocycles. The number of nitrogens with one attached hydrogen (secondary N) is 2. The molecule has 2 aromatic heterocycles. The molecule has 28 heavy (non-hydrogen) atoms. The van der Waals surface area contributed by atoms with Gasteiger partial charge in [0.05, 0.1) is 5.69 Å². The van der Waals surface area contributed by atoms with Gasteiger partial charge in [-0.05, 0) is 52.2 Å². The lowest BCUT2D eigenvalue weighted by Crippen LogP contribution is -2.49. The highest BCUT2D eigenvalue weighted by atomic mass is 127. The van der Waals surface area contributed by atoms with Crippen LogP contribution in [0.25, 0.3) is 0 Å². The van der Waals surface area contributed by atoms with E-state index in [9.17, 15) is 0 Å². The summed E-state index contributed by atoms with van der Waals surface area (Å²) in [4.78, 5) is 11.4. The third kappa shape index (κ3) is 5.83. The second kappa shape index (κ2) is 10.6. The van der Waals surface area contributed by atoms with Crippen molar-refractivity contribution in [1.82, 2.24) is 20.8 Å². The molecule has 0 amide bonds. The average molecular weight is 498 g/mol. The van der Waals surface area contributed by atoms with E-state index in [-0.39, 0.29) is 24.0 Å². The van der Waals surface area contributed by atoms with Gasteiger partial charge >= 0.3 is 0 Å². The standard InChI is InChI=1S/C20H30N6O.HI/c1-14-6-5-7-19(23-14)26-12-9-17(10-13-26)24-20(21-4)22-11-8-18-15(2)25-27-16(18)3;/h5-7,17H,8-13H2,1-4H3,(H2,21,22,24);1H. The van der Waals surface area contributed by atoms with Crippen LogP contribution in [0.2, 0.25) is 0 Å². The third-order valence-electron chi connectivity index (χ3n) is 5.11.